The summed E-state index contributed by atoms with van der Waals surface area (Å²) < 4.78 is 2.15. The lowest BCUT2D eigenvalue weighted by Gasteiger charge is -2.11. The molecular weight excluding hydrogens is 356 g/mol. The van der Waals surface area contributed by atoms with Crippen LogP contribution in [0.1, 0.15) is 17.5 Å². The molecule has 0 aliphatic carbocycles. The number of benzene rings is 1. The highest BCUT2D eigenvalue weighted by Crippen LogP contribution is 2.14. The molecule has 1 heterocycles. The molecule has 0 unspecified atom stereocenters. The minimum absolute atomic E-state index is 0.245. The van der Waals surface area contributed by atoms with Crippen LogP contribution in [0.4, 0.5) is 5.69 Å². The van der Waals surface area contributed by atoms with Gasteiger partial charge in [0.05, 0.1) is 6.54 Å². The Hall–Kier alpha value is -2.73. The first-order chi connectivity index (χ1) is 13.1. The van der Waals surface area contributed by atoms with Gasteiger partial charge in [-0.3, -0.25) is 0 Å². The quantitative estimate of drug-likeness (QED) is 0.301. The van der Waals surface area contributed by atoms with Crippen molar-refractivity contribution in [3.63, 3.8) is 0 Å². The third-order valence-electron chi connectivity index (χ3n) is 4.02. The van der Waals surface area contributed by atoms with E-state index < -0.39 is 0 Å². The zero-order valence-corrected chi connectivity index (χ0v) is 16.7. The smallest absolute Gasteiger partial charge is 0.169 e. The molecule has 0 bridgehead atoms. The standard InChI is InChI=1S/C21H26N4OS/c1-24(2)20-8-6-18(7-9-20)4-5-19-10-15-25(16-11-19)14-3-12-22-21(27)23-13-17-26/h4-11,15-17H,3,12-14H2,1-2H3,(H-,22,23,27)/p+1. The van der Waals surface area contributed by atoms with Crippen molar-refractivity contribution in [2.24, 2.45) is 0 Å². The minimum Gasteiger partial charge on any atom is -0.378 e. The van der Waals surface area contributed by atoms with Crippen LogP contribution in [0.2, 0.25) is 0 Å². The molecule has 2 N–H and O–H groups in total. The number of aldehydes is 1. The van der Waals surface area contributed by atoms with Crippen LogP contribution in [0.5, 0.6) is 0 Å². The molecule has 0 spiro atoms. The van der Waals surface area contributed by atoms with Crippen LogP contribution in [-0.2, 0) is 11.3 Å². The third kappa shape index (κ3) is 7.58. The van der Waals surface area contributed by atoms with Gasteiger partial charge in [0.2, 0.25) is 0 Å². The van der Waals surface area contributed by atoms with Crippen LogP contribution in [0.25, 0.3) is 12.2 Å². The van der Waals surface area contributed by atoms with Gasteiger partial charge in [0, 0.05) is 44.9 Å². The molecule has 0 saturated carbocycles. The van der Waals surface area contributed by atoms with Gasteiger partial charge in [-0.25, -0.2) is 4.57 Å². The molecule has 0 aliphatic rings. The van der Waals surface area contributed by atoms with E-state index >= 15 is 0 Å². The maximum Gasteiger partial charge on any atom is 0.169 e. The number of aryl methyl sites for hydroxylation is 1. The summed E-state index contributed by atoms with van der Waals surface area (Å²) in [7, 11) is 4.08. The van der Waals surface area contributed by atoms with Crippen molar-refractivity contribution in [2.75, 3.05) is 32.1 Å². The maximum absolute atomic E-state index is 10.3. The summed E-state index contributed by atoms with van der Waals surface area (Å²) in [6.07, 6.45) is 10.1. The molecule has 142 valence electrons. The van der Waals surface area contributed by atoms with Gasteiger partial charge in [-0.05, 0) is 35.5 Å². The monoisotopic (exact) mass is 383 g/mol. The van der Waals surface area contributed by atoms with Gasteiger partial charge < -0.3 is 20.3 Å². The first-order valence-corrected chi connectivity index (χ1v) is 9.39. The fourth-order valence-corrected chi connectivity index (χ4v) is 2.65. The number of nitrogens with zero attached hydrogens (tertiary/aromatic N) is 2. The summed E-state index contributed by atoms with van der Waals surface area (Å²) in [6, 6.07) is 12.7. The summed E-state index contributed by atoms with van der Waals surface area (Å²) in [5, 5.41) is 6.41. The van der Waals surface area contributed by atoms with Gasteiger partial charge in [0.15, 0.2) is 17.5 Å². The van der Waals surface area contributed by atoms with Gasteiger partial charge in [-0.2, -0.15) is 0 Å². The van der Waals surface area contributed by atoms with E-state index in [0.29, 0.717) is 5.11 Å². The lowest BCUT2D eigenvalue weighted by atomic mass is 10.1. The number of nitrogens with one attached hydrogen (secondary N) is 2. The predicted octanol–water partition coefficient (Wildman–Crippen LogP) is 2.26. The molecule has 27 heavy (non-hydrogen) atoms. The van der Waals surface area contributed by atoms with Crippen molar-refractivity contribution in [3.05, 3.63) is 59.9 Å². The number of carbonyl (C=O) groups excluding carboxylic acids is 1. The second-order valence-electron chi connectivity index (χ2n) is 6.35. The molecule has 0 radical (unpaired) electrons. The van der Waals surface area contributed by atoms with Crippen LogP contribution in [0.3, 0.4) is 0 Å². The van der Waals surface area contributed by atoms with E-state index in [-0.39, 0.29) is 6.54 Å². The van der Waals surface area contributed by atoms with Crippen LogP contribution in [0.15, 0.2) is 48.8 Å². The van der Waals surface area contributed by atoms with Crippen LogP contribution >= 0.6 is 12.2 Å². The van der Waals surface area contributed by atoms with E-state index in [1.807, 2.05) is 14.1 Å². The first-order valence-electron chi connectivity index (χ1n) is 8.98. The second-order valence-corrected chi connectivity index (χ2v) is 6.75. The molecule has 0 saturated heterocycles. The number of thiocarbonyl (C=S) groups is 1. The van der Waals surface area contributed by atoms with E-state index in [1.165, 1.54) is 16.8 Å². The van der Waals surface area contributed by atoms with Gasteiger partial charge in [-0.1, -0.05) is 24.3 Å². The molecule has 6 heteroatoms. The average Bonchev–Trinajstić information content (AvgIpc) is 2.69. The number of pyridine rings is 1. The van der Waals surface area contributed by atoms with E-state index in [0.717, 1.165) is 25.8 Å². The lowest BCUT2D eigenvalue weighted by molar-refractivity contribution is -0.697. The Morgan fingerprint density at radius 3 is 2.26 bits per heavy atom. The first kappa shape index (κ1) is 20.6. The molecule has 0 amide bonds. The van der Waals surface area contributed by atoms with Crippen molar-refractivity contribution in [1.29, 1.82) is 0 Å². The Morgan fingerprint density at radius 1 is 1.04 bits per heavy atom. The van der Waals surface area contributed by atoms with Crippen molar-refractivity contribution in [3.8, 4) is 0 Å². The molecule has 1 aromatic heterocycles. The summed E-state index contributed by atoms with van der Waals surface area (Å²) in [5.41, 5.74) is 3.55. The Kier molecular flexibility index (Phi) is 8.45. The van der Waals surface area contributed by atoms with Gasteiger partial charge >= 0.3 is 0 Å². The average molecular weight is 384 g/mol. The molecular formula is C21H27N4OS+. The van der Waals surface area contributed by atoms with E-state index in [2.05, 4.69) is 81.0 Å². The minimum atomic E-state index is 0.245. The zero-order chi connectivity index (χ0) is 19.5. The Morgan fingerprint density at radius 2 is 1.67 bits per heavy atom. The predicted molar refractivity (Wildman–Crippen MR) is 116 cm³/mol. The zero-order valence-electron chi connectivity index (χ0n) is 15.9. The molecule has 1 aromatic carbocycles. The summed E-state index contributed by atoms with van der Waals surface area (Å²) in [6.45, 7) is 1.91. The van der Waals surface area contributed by atoms with E-state index in [4.69, 9.17) is 12.2 Å². The van der Waals surface area contributed by atoms with Gasteiger partial charge in [0.1, 0.15) is 12.8 Å². The summed E-state index contributed by atoms with van der Waals surface area (Å²) >= 11 is 5.06. The van der Waals surface area contributed by atoms with Gasteiger partial charge in [0.25, 0.3) is 0 Å². The number of rotatable bonds is 9. The highest BCUT2D eigenvalue weighted by atomic mass is 32.1. The van der Waals surface area contributed by atoms with Crippen LogP contribution in [-0.4, -0.2) is 38.6 Å². The topological polar surface area (TPSA) is 48.2 Å². The number of carbonyl (C=O) groups is 1. The molecule has 0 atom stereocenters. The number of anilines is 1. The number of aromatic nitrogens is 1. The molecule has 0 aliphatic heterocycles. The van der Waals surface area contributed by atoms with E-state index in [9.17, 15) is 4.79 Å². The third-order valence-corrected chi connectivity index (χ3v) is 4.31. The number of hydrogen-bond donors (Lipinski definition) is 2. The fraction of sp³-hybridized carbons (Fsp3) is 0.286. The van der Waals surface area contributed by atoms with E-state index in [1.54, 1.807) is 0 Å². The highest BCUT2D eigenvalue weighted by molar-refractivity contribution is 7.80. The molecule has 0 fully saturated rings. The second kappa shape index (κ2) is 11.1. The normalized spacial score (nSPS) is 10.6. The maximum atomic E-state index is 10.3. The molecule has 2 rings (SSSR count). The Balaban J connectivity index is 1.77. The summed E-state index contributed by atoms with van der Waals surface area (Å²) in [4.78, 5) is 12.3. The van der Waals surface area contributed by atoms with Crippen molar-refractivity contribution >= 4 is 41.5 Å². The molecule has 2 aromatic rings. The van der Waals surface area contributed by atoms with Crippen molar-refractivity contribution in [1.82, 2.24) is 10.6 Å². The lowest BCUT2D eigenvalue weighted by Crippen LogP contribution is -2.39. The fourth-order valence-electron chi connectivity index (χ4n) is 2.47. The SMILES string of the molecule is CN(C)c1ccc(/C=C/c2cc[n+](CCCNC(=S)NCC=O)cc2)cc1. The largest absolute Gasteiger partial charge is 0.378 e. The highest BCUT2D eigenvalue weighted by Gasteiger charge is 2.01. The number of hydrogen-bond acceptors (Lipinski definition) is 3. The van der Waals surface area contributed by atoms with Crippen molar-refractivity contribution in [2.45, 2.75) is 13.0 Å². The van der Waals surface area contributed by atoms with Crippen molar-refractivity contribution < 1.29 is 9.36 Å². The summed E-state index contributed by atoms with van der Waals surface area (Å²) in [5.74, 6) is 0. The molecule has 5 nitrogen and oxygen atoms in total. The Bertz CT molecular complexity index is 755. The van der Waals surface area contributed by atoms with Gasteiger partial charge in [-0.15, -0.1) is 0 Å². The van der Waals surface area contributed by atoms with Crippen LogP contribution in [0, 0.1) is 0 Å². The van der Waals surface area contributed by atoms with Crippen LogP contribution < -0.4 is 20.1 Å². The Labute approximate surface area is 166 Å².